The summed E-state index contributed by atoms with van der Waals surface area (Å²) in [5.74, 6) is 1.52. The van der Waals surface area contributed by atoms with E-state index >= 15 is 0 Å². The van der Waals surface area contributed by atoms with Crippen molar-refractivity contribution >= 4 is 0 Å². The predicted molar refractivity (Wildman–Crippen MR) is 73.3 cm³/mol. The van der Waals surface area contributed by atoms with Gasteiger partial charge in [-0.2, -0.15) is 0 Å². The SMILES string of the molecule is CCC(CC)c1ncc(C(C)(CC)CC)cn1. The third-order valence-corrected chi connectivity index (χ3v) is 4.28. The van der Waals surface area contributed by atoms with Crippen LogP contribution in [0.2, 0.25) is 0 Å². The lowest BCUT2D eigenvalue weighted by Gasteiger charge is -2.26. The molecule has 96 valence electrons. The highest BCUT2D eigenvalue weighted by atomic mass is 14.9. The highest BCUT2D eigenvalue weighted by Crippen LogP contribution is 2.30. The Labute approximate surface area is 106 Å². The van der Waals surface area contributed by atoms with E-state index in [9.17, 15) is 0 Å². The average molecular weight is 234 g/mol. The summed E-state index contributed by atoms with van der Waals surface area (Å²) in [4.78, 5) is 9.14. The van der Waals surface area contributed by atoms with Crippen molar-refractivity contribution in [3.05, 3.63) is 23.8 Å². The lowest BCUT2D eigenvalue weighted by molar-refractivity contribution is 0.434. The van der Waals surface area contributed by atoms with Crippen LogP contribution in [0.15, 0.2) is 12.4 Å². The molecule has 0 radical (unpaired) electrons. The fourth-order valence-electron chi connectivity index (χ4n) is 2.17. The van der Waals surface area contributed by atoms with Crippen LogP contribution in [-0.2, 0) is 5.41 Å². The summed E-state index contributed by atoms with van der Waals surface area (Å²) in [5, 5.41) is 0. The molecule has 0 spiro atoms. The summed E-state index contributed by atoms with van der Waals surface area (Å²) in [5.41, 5.74) is 1.50. The quantitative estimate of drug-likeness (QED) is 0.726. The molecule has 1 rings (SSSR count). The zero-order chi connectivity index (χ0) is 12.9. The maximum absolute atomic E-state index is 4.57. The molecule has 0 fully saturated rings. The monoisotopic (exact) mass is 234 g/mol. The Morgan fingerprint density at radius 1 is 1.00 bits per heavy atom. The normalized spacial score (nSPS) is 12.1. The lowest BCUT2D eigenvalue weighted by atomic mass is 9.79. The molecule has 1 aromatic rings. The zero-order valence-corrected chi connectivity index (χ0v) is 12.0. The molecule has 0 amide bonds. The van der Waals surface area contributed by atoms with Crippen LogP contribution in [0.5, 0.6) is 0 Å². The fraction of sp³-hybridized carbons (Fsp3) is 0.733. The van der Waals surface area contributed by atoms with Gasteiger partial charge in [0.05, 0.1) is 0 Å². The molecule has 0 saturated heterocycles. The lowest BCUT2D eigenvalue weighted by Crippen LogP contribution is -2.20. The van der Waals surface area contributed by atoms with Gasteiger partial charge in [0.2, 0.25) is 0 Å². The van der Waals surface area contributed by atoms with E-state index in [0.717, 1.165) is 31.5 Å². The van der Waals surface area contributed by atoms with Crippen molar-refractivity contribution < 1.29 is 0 Å². The summed E-state index contributed by atoms with van der Waals surface area (Å²) in [6.07, 6.45) is 8.58. The minimum atomic E-state index is 0.229. The molecule has 0 saturated carbocycles. The van der Waals surface area contributed by atoms with Gasteiger partial charge in [0, 0.05) is 18.3 Å². The molecular weight excluding hydrogens is 208 g/mol. The minimum absolute atomic E-state index is 0.229. The van der Waals surface area contributed by atoms with Crippen LogP contribution in [0.3, 0.4) is 0 Å². The molecule has 0 unspecified atom stereocenters. The first-order chi connectivity index (χ1) is 8.11. The van der Waals surface area contributed by atoms with Crippen LogP contribution in [-0.4, -0.2) is 9.97 Å². The summed E-state index contributed by atoms with van der Waals surface area (Å²) in [6, 6.07) is 0. The third-order valence-electron chi connectivity index (χ3n) is 4.28. The first-order valence-electron chi connectivity index (χ1n) is 6.93. The van der Waals surface area contributed by atoms with Crippen LogP contribution in [0.1, 0.15) is 77.6 Å². The van der Waals surface area contributed by atoms with E-state index in [0.29, 0.717) is 5.92 Å². The standard InChI is InChI=1S/C15H26N2/c1-6-12(7-2)14-16-10-13(11-17-14)15(5,8-3)9-4/h10-12H,6-9H2,1-5H3. The second-order valence-corrected chi connectivity index (χ2v) is 5.11. The van der Waals surface area contributed by atoms with E-state index in [-0.39, 0.29) is 5.41 Å². The van der Waals surface area contributed by atoms with Crippen molar-refractivity contribution in [3.63, 3.8) is 0 Å². The van der Waals surface area contributed by atoms with Gasteiger partial charge in [0.15, 0.2) is 0 Å². The van der Waals surface area contributed by atoms with Crippen LogP contribution in [0.25, 0.3) is 0 Å². The molecule has 1 aromatic heterocycles. The molecule has 17 heavy (non-hydrogen) atoms. The van der Waals surface area contributed by atoms with Gasteiger partial charge in [-0.15, -0.1) is 0 Å². The van der Waals surface area contributed by atoms with Crippen molar-refractivity contribution in [2.24, 2.45) is 0 Å². The van der Waals surface area contributed by atoms with Gasteiger partial charge < -0.3 is 0 Å². The van der Waals surface area contributed by atoms with Crippen LogP contribution in [0, 0.1) is 0 Å². The Morgan fingerprint density at radius 3 is 1.82 bits per heavy atom. The second kappa shape index (κ2) is 6.13. The highest BCUT2D eigenvalue weighted by molar-refractivity contribution is 5.18. The van der Waals surface area contributed by atoms with E-state index in [4.69, 9.17) is 0 Å². The number of rotatable bonds is 6. The predicted octanol–water partition coefficient (Wildman–Crippen LogP) is 4.46. The first-order valence-corrected chi connectivity index (χ1v) is 6.93. The Bertz CT molecular complexity index is 321. The second-order valence-electron chi connectivity index (χ2n) is 5.11. The number of nitrogens with zero attached hydrogens (tertiary/aromatic N) is 2. The van der Waals surface area contributed by atoms with Crippen LogP contribution in [0.4, 0.5) is 0 Å². The molecule has 0 aliphatic rings. The minimum Gasteiger partial charge on any atom is -0.241 e. The fourth-order valence-corrected chi connectivity index (χ4v) is 2.17. The molecule has 0 aliphatic carbocycles. The molecular formula is C15H26N2. The van der Waals surface area contributed by atoms with E-state index in [1.807, 2.05) is 12.4 Å². The molecule has 0 atom stereocenters. The summed E-state index contributed by atoms with van der Waals surface area (Å²) >= 11 is 0. The van der Waals surface area contributed by atoms with E-state index in [1.54, 1.807) is 0 Å². The molecule has 0 aliphatic heterocycles. The number of aromatic nitrogens is 2. The highest BCUT2D eigenvalue weighted by Gasteiger charge is 2.23. The summed E-state index contributed by atoms with van der Waals surface area (Å²) in [7, 11) is 0. The van der Waals surface area contributed by atoms with Crippen molar-refractivity contribution in [1.82, 2.24) is 9.97 Å². The summed E-state index contributed by atoms with van der Waals surface area (Å²) < 4.78 is 0. The van der Waals surface area contributed by atoms with Crippen LogP contribution >= 0.6 is 0 Å². The maximum atomic E-state index is 4.57. The van der Waals surface area contributed by atoms with E-state index < -0.39 is 0 Å². The van der Waals surface area contributed by atoms with Gasteiger partial charge in [0.25, 0.3) is 0 Å². The van der Waals surface area contributed by atoms with Gasteiger partial charge in [-0.25, -0.2) is 9.97 Å². The van der Waals surface area contributed by atoms with Crippen molar-refractivity contribution in [2.45, 2.75) is 71.6 Å². The molecule has 2 heteroatoms. The van der Waals surface area contributed by atoms with E-state index in [1.165, 1.54) is 5.56 Å². The largest absolute Gasteiger partial charge is 0.241 e. The smallest absolute Gasteiger partial charge is 0.131 e. The Balaban J connectivity index is 2.94. The van der Waals surface area contributed by atoms with Gasteiger partial charge in [-0.05, 0) is 36.7 Å². The van der Waals surface area contributed by atoms with Crippen molar-refractivity contribution in [3.8, 4) is 0 Å². The molecule has 0 aromatic carbocycles. The topological polar surface area (TPSA) is 25.8 Å². The van der Waals surface area contributed by atoms with Crippen molar-refractivity contribution in [2.75, 3.05) is 0 Å². The van der Waals surface area contributed by atoms with Gasteiger partial charge >= 0.3 is 0 Å². The van der Waals surface area contributed by atoms with Crippen LogP contribution < -0.4 is 0 Å². The third kappa shape index (κ3) is 3.05. The maximum Gasteiger partial charge on any atom is 0.131 e. The number of hydrogen-bond acceptors (Lipinski definition) is 2. The molecule has 1 heterocycles. The Morgan fingerprint density at radius 2 is 1.47 bits per heavy atom. The van der Waals surface area contributed by atoms with Crippen molar-refractivity contribution in [1.29, 1.82) is 0 Å². The van der Waals surface area contributed by atoms with Gasteiger partial charge in [0.1, 0.15) is 5.82 Å². The zero-order valence-electron chi connectivity index (χ0n) is 12.0. The molecule has 0 N–H and O–H groups in total. The van der Waals surface area contributed by atoms with E-state index in [2.05, 4.69) is 44.6 Å². The first kappa shape index (κ1) is 14.1. The molecule has 0 bridgehead atoms. The molecule has 2 nitrogen and oxygen atoms in total. The Hall–Kier alpha value is -0.920. The summed E-state index contributed by atoms with van der Waals surface area (Å²) in [6.45, 7) is 11.2. The number of hydrogen-bond donors (Lipinski definition) is 0. The Kier molecular flexibility index (Phi) is 5.10. The average Bonchev–Trinajstić information content (AvgIpc) is 2.40. The van der Waals surface area contributed by atoms with Gasteiger partial charge in [-0.1, -0.05) is 34.6 Å². The van der Waals surface area contributed by atoms with Gasteiger partial charge in [-0.3, -0.25) is 0 Å².